The molecular weight excluding hydrogens is 248 g/mol. The normalized spacial score (nSPS) is 14.1. The lowest BCUT2D eigenvalue weighted by Gasteiger charge is -2.19. The van der Waals surface area contributed by atoms with Crippen molar-refractivity contribution in [2.24, 2.45) is 0 Å². The third-order valence-electron chi connectivity index (χ3n) is 2.85. The zero-order valence-corrected chi connectivity index (χ0v) is 11.1. The van der Waals surface area contributed by atoms with E-state index in [1.807, 2.05) is 24.5 Å². The highest BCUT2D eigenvalue weighted by molar-refractivity contribution is 7.99. The van der Waals surface area contributed by atoms with Gasteiger partial charge in [0.25, 0.3) is 5.91 Å². The van der Waals surface area contributed by atoms with Gasteiger partial charge in [-0.05, 0) is 31.0 Å². The summed E-state index contributed by atoms with van der Waals surface area (Å²) in [5.74, 6) is -0.0608. The first kappa shape index (κ1) is 13.0. The maximum Gasteiger partial charge on any atom is 0.254 e. The number of carbonyl (C=O) groups is 2. The van der Waals surface area contributed by atoms with Crippen molar-refractivity contribution in [3.8, 4) is 0 Å². The Kier molecular flexibility index (Phi) is 4.25. The molecule has 0 heterocycles. The van der Waals surface area contributed by atoms with Gasteiger partial charge >= 0.3 is 0 Å². The largest absolute Gasteiger partial charge is 0.330 e. The van der Waals surface area contributed by atoms with Crippen molar-refractivity contribution in [1.29, 1.82) is 0 Å². The first-order valence-corrected chi connectivity index (χ1v) is 7.12. The zero-order valence-electron chi connectivity index (χ0n) is 10.3. The Morgan fingerprint density at radius 1 is 1.56 bits per heavy atom. The number of nitrogens with one attached hydrogen (secondary N) is 1. The standard InChI is InChI=1S/C13H16N2O2S/c1-18-14-11-4-2-3-10(9-11)13(17)15(7-8-16)12-5-6-12/h2-4,8-9,12,14H,5-7H2,1H3. The first-order chi connectivity index (χ1) is 8.76. The lowest BCUT2D eigenvalue weighted by Crippen LogP contribution is -2.34. The Balaban J connectivity index is 2.15. The van der Waals surface area contributed by atoms with Crippen LogP contribution in [0.15, 0.2) is 24.3 Å². The highest BCUT2D eigenvalue weighted by Crippen LogP contribution is 2.28. The van der Waals surface area contributed by atoms with Gasteiger partial charge in [0.1, 0.15) is 6.29 Å². The van der Waals surface area contributed by atoms with E-state index >= 15 is 0 Å². The molecule has 4 nitrogen and oxygen atoms in total. The van der Waals surface area contributed by atoms with Crippen molar-refractivity contribution in [3.63, 3.8) is 0 Å². The zero-order chi connectivity index (χ0) is 13.0. The molecule has 2 rings (SSSR count). The Hall–Kier alpha value is -1.49. The molecule has 0 spiro atoms. The number of hydrogen-bond donors (Lipinski definition) is 1. The number of rotatable bonds is 6. The van der Waals surface area contributed by atoms with E-state index in [0.29, 0.717) is 5.56 Å². The van der Waals surface area contributed by atoms with Gasteiger partial charge < -0.3 is 14.4 Å². The predicted molar refractivity (Wildman–Crippen MR) is 73.7 cm³/mol. The van der Waals surface area contributed by atoms with E-state index in [4.69, 9.17) is 0 Å². The molecule has 1 aliphatic carbocycles. The molecule has 1 aliphatic rings. The number of benzene rings is 1. The van der Waals surface area contributed by atoms with E-state index in [9.17, 15) is 9.59 Å². The Morgan fingerprint density at radius 2 is 2.33 bits per heavy atom. The number of nitrogens with zero attached hydrogens (tertiary/aromatic N) is 1. The number of anilines is 1. The number of carbonyl (C=O) groups excluding carboxylic acids is 2. The van der Waals surface area contributed by atoms with Crippen LogP contribution >= 0.6 is 11.9 Å². The fraction of sp³-hybridized carbons (Fsp3) is 0.385. The van der Waals surface area contributed by atoms with Crippen molar-refractivity contribution in [3.05, 3.63) is 29.8 Å². The van der Waals surface area contributed by atoms with Crippen molar-refractivity contribution >= 4 is 29.8 Å². The maximum atomic E-state index is 12.3. The van der Waals surface area contributed by atoms with Crippen LogP contribution in [-0.2, 0) is 4.79 Å². The molecule has 1 saturated carbocycles. The molecule has 5 heteroatoms. The van der Waals surface area contributed by atoms with Crippen LogP contribution < -0.4 is 4.72 Å². The molecule has 1 fully saturated rings. The number of amides is 1. The Bertz CT molecular complexity index is 446. The monoisotopic (exact) mass is 264 g/mol. The Morgan fingerprint density at radius 3 is 2.94 bits per heavy atom. The lowest BCUT2D eigenvalue weighted by atomic mass is 10.1. The van der Waals surface area contributed by atoms with Crippen LogP contribution in [0.3, 0.4) is 0 Å². The third-order valence-corrected chi connectivity index (χ3v) is 3.29. The molecule has 18 heavy (non-hydrogen) atoms. The summed E-state index contributed by atoms with van der Waals surface area (Å²) in [5, 5.41) is 0. The molecular formula is C13H16N2O2S. The van der Waals surface area contributed by atoms with E-state index in [-0.39, 0.29) is 18.5 Å². The highest BCUT2D eigenvalue weighted by Gasteiger charge is 2.32. The number of aldehydes is 1. The smallest absolute Gasteiger partial charge is 0.254 e. The average molecular weight is 264 g/mol. The summed E-state index contributed by atoms with van der Waals surface area (Å²) in [4.78, 5) is 24.6. The van der Waals surface area contributed by atoms with Gasteiger partial charge in [0.05, 0.1) is 6.54 Å². The van der Waals surface area contributed by atoms with E-state index in [2.05, 4.69) is 4.72 Å². The summed E-state index contributed by atoms with van der Waals surface area (Å²) < 4.78 is 3.09. The summed E-state index contributed by atoms with van der Waals surface area (Å²) in [7, 11) is 0. The van der Waals surface area contributed by atoms with Crippen LogP contribution in [0.2, 0.25) is 0 Å². The van der Waals surface area contributed by atoms with Gasteiger partial charge in [-0.25, -0.2) is 0 Å². The van der Waals surface area contributed by atoms with Gasteiger partial charge in [-0.3, -0.25) is 4.79 Å². The minimum atomic E-state index is -0.0608. The van der Waals surface area contributed by atoms with Gasteiger partial charge in [-0.2, -0.15) is 0 Å². The van der Waals surface area contributed by atoms with Crippen molar-refractivity contribution in [2.75, 3.05) is 17.5 Å². The molecule has 1 N–H and O–H groups in total. The van der Waals surface area contributed by atoms with Crippen molar-refractivity contribution < 1.29 is 9.59 Å². The van der Waals surface area contributed by atoms with Gasteiger partial charge in [0.15, 0.2) is 0 Å². The molecule has 0 saturated heterocycles. The van der Waals surface area contributed by atoms with Gasteiger partial charge in [0, 0.05) is 23.5 Å². The average Bonchev–Trinajstić information content (AvgIpc) is 3.20. The molecule has 0 unspecified atom stereocenters. The quantitative estimate of drug-likeness (QED) is 0.632. The predicted octanol–water partition coefficient (Wildman–Crippen LogP) is 2.18. The number of hydrogen-bond acceptors (Lipinski definition) is 4. The second-order valence-corrected chi connectivity index (χ2v) is 4.85. The lowest BCUT2D eigenvalue weighted by molar-refractivity contribution is -0.108. The molecule has 0 aromatic heterocycles. The summed E-state index contributed by atoms with van der Waals surface area (Å²) >= 11 is 1.48. The second kappa shape index (κ2) is 5.91. The summed E-state index contributed by atoms with van der Waals surface area (Å²) in [6, 6.07) is 7.61. The summed E-state index contributed by atoms with van der Waals surface area (Å²) in [5.41, 5.74) is 1.53. The van der Waals surface area contributed by atoms with Crippen LogP contribution in [0.4, 0.5) is 5.69 Å². The second-order valence-electron chi connectivity index (χ2n) is 4.24. The van der Waals surface area contributed by atoms with Crippen LogP contribution in [0.5, 0.6) is 0 Å². The van der Waals surface area contributed by atoms with Crippen LogP contribution in [0.1, 0.15) is 23.2 Å². The molecule has 0 radical (unpaired) electrons. The maximum absolute atomic E-state index is 12.3. The molecule has 96 valence electrons. The molecule has 0 atom stereocenters. The fourth-order valence-corrected chi connectivity index (χ4v) is 2.23. The SMILES string of the molecule is CSNc1cccc(C(=O)N(CC=O)C2CC2)c1. The van der Waals surface area contributed by atoms with Gasteiger partial charge in [-0.1, -0.05) is 18.0 Å². The molecule has 1 aromatic rings. The van der Waals surface area contributed by atoms with Crippen LogP contribution in [0, 0.1) is 0 Å². The minimum absolute atomic E-state index is 0.0608. The molecule has 0 bridgehead atoms. The molecule has 1 aromatic carbocycles. The fourth-order valence-electron chi connectivity index (χ4n) is 1.86. The van der Waals surface area contributed by atoms with Crippen molar-refractivity contribution in [2.45, 2.75) is 18.9 Å². The van der Waals surface area contributed by atoms with Crippen molar-refractivity contribution in [1.82, 2.24) is 4.90 Å². The van der Waals surface area contributed by atoms with E-state index in [1.165, 1.54) is 11.9 Å². The van der Waals surface area contributed by atoms with Gasteiger partial charge in [0.2, 0.25) is 0 Å². The minimum Gasteiger partial charge on any atom is -0.330 e. The van der Waals surface area contributed by atoms with Crippen LogP contribution in [-0.4, -0.2) is 35.9 Å². The van der Waals surface area contributed by atoms with E-state index in [0.717, 1.165) is 24.8 Å². The summed E-state index contributed by atoms with van der Waals surface area (Å²) in [6.07, 6.45) is 4.72. The first-order valence-electron chi connectivity index (χ1n) is 5.90. The topological polar surface area (TPSA) is 49.4 Å². The molecule has 0 aliphatic heterocycles. The van der Waals surface area contributed by atoms with Gasteiger partial charge in [-0.15, -0.1) is 0 Å². The van der Waals surface area contributed by atoms with E-state index < -0.39 is 0 Å². The highest BCUT2D eigenvalue weighted by atomic mass is 32.2. The molecule has 1 amide bonds. The Labute approximate surface area is 111 Å². The van der Waals surface area contributed by atoms with Crippen LogP contribution in [0.25, 0.3) is 0 Å². The van der Waals surface area contributed by atoms with E-state index in [1.54, 1.807) is 11.0 Å². The summed E-state index contributed by atoms with van der Waals surface area (Å²) in [6.45, 7) is 0.184. The third kappa shape index (κ3) is 3.04.